The lowest BCUT2D eigenvalue weighted by Crippen LogP contribution is -2.40. The number of anilines is 1. The van der Waals surface area contributed by atoms with Crippen molar-refractivity contribution in [2.24, 2.45) is 11.7 Å². The van der Waals surface area contributed by atoms with Crippen LogP contribution in [0.15, 0.2) is 54.6 Å². The zero-order valence-electron chi connectivity index (χ0n) is 22.1. The summed E-state index contributed by atoms with van der Waals surface area (Å²) in [7, 11) is 0. The van der Waals surface area contributed by atoms with Crippen LogP contribution in [0.3, 0.4) is 0 Å². The number of benzene rings is 3. The quantitative estimate of drug-likeness (QED) is 0.247. The third-order valence-electron chi connectivity index (χ3n) is 7.43. The highest BCUT2D eigenvalue weighted by Crippen LogP contribution is 2.28. The van der Waals surface area contributed by atoms with Crippen molar-refractivity contribution in [1.29, 1.82) is 5.41 Å². The fraction of sp³-hybridized carbons (Fsp3) is 0.333. The normalized spacial score (nSPS) is 14.4. The largest absolute Gasteiger partial charge is 0.366 e. The average molecular weight is 511 g/mol. The number of imidazole rings is 1. The van der Waals surface area contributed by atoms with E-state index in [0.717, 1.165) is 64.8 Å². The zero-order chi connectivity index (χ0) is 27.0. The number of aromatic nitrogens is 2. The second kappa shape index (κ2) is 10.3. The molecule has 0 aliphatic carbocycles. The number of nitrogens with one attached hydrogen (secondary N) is 2. The summed E-state index contributed by atoms with van der Waals surface area (Å²) >= 11 is 0. The molecule has 0 saturated carbocycles. The molecule has 1 aliphatic rings. The third kappa shape index (κ3) is 5.11. The summed E-state index contributed by atoms with van der Waals surface area (Å²) in [4.78, 5) is 31.6. The van der Waals surface area contributed by atoms with Crippen LogP contribution in [0, 0.1) is 11.3 Å². The molecule has 196 valence electrons. The van der Waals surface area contributed by atoms with Crippen molar-refractivity contribution in [2.75, 3.05) is 18.4 Å². The van der Waals surface area contributed by atoms with E-state index in [0.29, 0.717) is 17.9 Å². The van der Waals surface area contributed by atoms with Gasteiger partial charge in [0.2, 0.25) is 11.8 Å². The van der Waals surface area contributed by atoms with Gasteiger partial charge < -0.3 is 20.5 Å². The number of fused-ring (bicyclic) bond motifs is 2. The summed E-state index contributed by atoms with van der Waals surface area (Å²) in [5.74, 6) is 1.28. The van der Waals surface area contributed by atoms with E-state index in [9.17, 15) is 9.59 Å². The molecule has 3 aromatic carbocycles. The molecule has 2 heterocycles. The van der Waals surface area contributed by atoms with Crippen LogP contribution in [0.4, 0.5) is 5.69 Å². The Morgan fingerprint density at radius 2 is 1.79 bits per heavy atom. The van der Waals surface area contributed by atoms with Crippen LogP contribution in [-0.2, 0) is 11.3 Å². The molecule has 2 amide bonds. The lowest BCUT2D eigenvalue weighted by atomic mass is 9.95. The SMILES string of the molecule is CC(=N)N1CCC(C(=O)Nc2ccc3nc(C(C)C)n(Cc4ccc5ccc(C(N)=O)cc5c4)c3c2)CC1. The molecule has 1 aromatic heterocycles. The number of carbonyl (C=O) groups excluding carboxylic acids is 2. The van der Waals surface area contributed by atoms with Gasteiger partial charge in [0.25, 0.3) is 0 Å². The van der Waals surface area contributed by atoms with Gasteiger partial charge in [0, 0.05) is 42.7 Å². The monoisotopic (exact) mass is 510 g/mol. The number of piperidine rings is 1. The molecular weight excluding hydrogens is 476 g/mol. The molecule has 1 fully saturated rings. The zero-order valence-corrected chi connectivity index (χ0v) is 22.1. The van der Waals surface area contributed by atoms with Crippen LogP contribution in [0.2, 0.25) is 0 Å². The van der Waals surface area contributed by atoms with Gasteiger partial charge in [-0.1, -0.05) is 32.0 Å². The summed E-state index contributed by atoms with van der Waals surface area (Å²) < 4.78 is 2.21. The second-order valence-electron chi connectivity index (χ2n) is 10.5. The van der Waals surface area contributed by atoms with Crippen molar-refractivity contribution in [1.82, 2.24) is 14.5 Å². The maximum Gasteiger partial charge on any atom is 0.248 e. The molecule has 8 nitrogen and oxygen atoms in total. The molecule has 0 spiro atoms. The Balaban J connectivity index is 1.42. The van der Waals surface area contributed by atoms with Crippen LogP contribution in [0.1, 0.15) is 61.3 Å². The average Bonchev–Trinajstić information content (AvgIpc) is 3.26. The highest BCUT2D eigenvalue weighted by atomic mass is 16.2. The summed E-state index contributed by atoms with van der Waals surface area (Å²) in [6.07, 6.45) is 1.50. The van der Waals surface area contributed by atoms with Crippen molar-refractivity contribution in [3.05, 3.63) is 71.5 Å². The van der Waals surface area contributed by atoms with Gasteiger partial charge in [0.1, 0.15) is 5.82 Å². The van der Waals surface area contributed by atoms with Crippen molar-refractivity contribution < 1.29 is 9.59 Å². The first kappa shape index (κ1) is 25.4. The molecule has 1 aliphatic heterocycles. The first-order chi connectivity index (χ1) is 18.2. The molecule has 0 bridgehead atoms. The molecule has 0 atom stereocenters. The van der Waals surface area contributed by atoms with E-state index in [4.69, 9.17) is 16.1 Å². The van der Waals surface area contributed by atoms with Crippen molar-refractivity contribution in [3.63, 3.8) is 0 Å². The number of nitrogens with zero attached hydrogens (tertiary/aromatic N) is 3. The third-order valence-corrected chi connectivity index (χ3v) is 7.43. The number of likely N-dealkylation sites (tertiary alicyclic amines) is 1. The minimum absolute atomic E-state index is 0.0292. The molecular formula is C30H34N6O2. The Morgan fingerprint density at radius 1 is 1.05 bits per heavy atom. The van der Waals surface area contributed by atoms with Gasteiger partial charge in [-0.2, -0.15) is 0 Å². The van der Waals surface area contributed by atoms with Crippen LogP contribution >= 0.6 is 0 Å². The Bertz CT molecular complexity index is 1550. The Hall–Kier alpha value is -4.20. The summed E-state index contributed by atoms with van der Waals surface area (Å²) in [6.45, 7) is 8.14. The van der Waals surface area contributed by atoms with Gasteiger partial charge in [0.05, 0.1) is 16.9 Å². The van der Waals surface area contributed by atoms with Gasteiger partial charge in [-0.3, -0.25) is 15.0 Å². The van der Waals surface area contributed by atoms with E-state index in [1.807, 2.05) is 35.2 Å². The number of hydrogen-bond donors (Lipinski definition) is 3. The number of rotatable bonds is 6. The van der Waals surface area contributed by atoms with Gasteiger partial charge in [-0.05, 0) is 72.5 Å². The lowest BCUT2D eigenvalue weighted by Gasteiger charge is -2.32. The molecule has 4 N–H and O–H groups in total. The number of carbonyl (C=O) groups is 2. The highest BCUT2D eigenvalue weighted by molar-refractivity contribution is 5.98. The molecule has 5 rings (SSSR count). The first-order valence-electron chi connectivity index (χ1n) is 13.1. The topological polar surface area (TPSA) is 117 Å². The van der Waals surface area contributed by atoms with E-state index in [-0.39, 0.29) is 17.7 Å². The van der Waals surface area contributed by atoms with Crippen LogP contribution in [-0.4, -0.2) is 45.2 Å². The number of primary amides is 1. The number of amides is 2. The van der Waals surface area contributed by atoms with Gasteiger partial charge in [-0.25, -0.2) is 4.98 Å². The fourth-order valence-electron chi connectivity index (χ4n) is 5.28. The van der Waals surface area contributed by atoms with E-state index in [1.165, 1.54) is 0 Å². The summed E-state index contributed by atoms with van der Waals surface area (Å²) in [6, 6.07) is 17.6. The summed E-state index contributed by atoms with van der Waals surface area (Å²) in [5, 5.41) is 12.9. The van der Waals surface area contributed by atoms with Crippen molar-refractivity contribution in [3.8, 4) is 0 Å². The van der Waals surface area contributed by atoms with Gasteiger partial charge in [0.15, 0.2) is 0 Å². The van der Waals surface area contributed by atoms with Crippen molar-refractivity contribution >= 4 is 45.1 Å². The van der Waals surface area contributed by atoms with Gasteiger partial charge >= 0.3 is 0 Å². The predicted molar refractivity (Wildman–Crippen MR) is 152 cm³/mol. The van der Waals surface area contributed by atoms with E-state index >= 15 is 0 Å². The van der Waals surface area contributed by atoms with Gasteiger partial charge in [-0.15, -0.1) is 0 Å². The number of hydrogen-bond acceptors (Lipinski definition) is 4. The predicted octanol–water partition coefficient (Wildman–Crippen LogP) is 5.11. The minimum Gasteiger partial charge on any atom is -0.366 e. The van der Waals surface area contributed by atoms with Crippen LogP contribution in [0.5, 0.6) is 0 Å². The molecule has 0 radical (unpaired) electrons. The molecule has 1 saturated heterocycles. The molecule has 4 aromatic rings. The molecule has 38 heavy (non-hydrogen) atoms. The van der Waals surface area contributed by atoms with E-state index in [2.05, 4.69) is 41.9 Å². The Kier molecular flexibility index (Phi) is 6.89. The lowest BCUT2D eigenvalue weighted by molar-refractivity contribution is -0.121. The Labute approximate surface area is 222 Å². The maximum atomic E-state index is 13.0. The smallest absolute Gasteiger partial charge is 0.248 e. The second-order valence-corrected chi connectivity index (χ2v) is 10.5. The van der Waals surface area contributed by atoms with Crippen molar-refractivity contribution in [2.45, 2.75) is 46.1 Å². The number of amidine groups is 1. The first-order valence-corrected chi connectivity index (χ1v) is 13.1. The van der Waals surface area contributed by atoms with E-state index < -0.39 is 5.91 Å². The van der Waals surface area contributed by atoms with E-state index in [1.54, 1.807) is 13.0 Å². The van der Waals surface area contributed by atoms with Crippen LogP contribution < -0.4 is 11.1 Å². The van der Waals surface area contributed by atoms with Crippen LogP contribution in [0.25, 0.3) is 21.8 Å². The molecule has 8 heteroatoms. The number of nitrogens with two attached hydrogens (primary N) is 1. The fourth-order valence-corrected chi connectivity index (χ4v) is 5.28. The highest BCUT2D eigenvalue weighted by Gasteiger charge is 2.25. The summed E-state index contributed by atoms with van der Waals surface area (Å²) in [5.41, 5.74) is 9.68. The molecule has 0 unspecified atom stereocenters. The maximum absolute atomic E-state index is 13.0. The Morgan fingerprint density at radius 3 is 2.47 bits per heavy atom. The standard InChI is InChI=1S/C30H34N6O2/c1-18(2)29-34-26-9-8-25(33-30(38)22-10-12-35(13-11-22)19(3)31)16-27(26)36(29)17-20-4-5-21-6-7-23(28(32)37)15-24(21)14-20/h4-9,14-16,18,22,31H,10-13,17H2,1-3H3,(H2,32,37)(H,33,38). The minimum atomic E-state index is -0.440.